The number of nitrogens with zero attached hydrogens (tertiary/aromatic N) is 3. The van der Waals surface area contributed by atoms with Gasteiger partial charge in [-0.1, -0.05) is 97.6 Å². The summed E-state index contributed by atoms with van der Waals surface area (Å²) in [6, 6.07) is 24.4. The Morgan fingerprint density at radius 3 is 1.61 bits per heavy atom. The Labute approximate surface area is 368 Å². The molecule has 332 valence electrons. The highest BCUT2D eigenvalue weighted by Gasteiger charge is 2.19. The predicted molar refractivity (Wildman–Crippen MR) is 246 cm³/mol. The molecule has 62 heavy (non-hydrogen) atoms. The first-order valence-corrected chi connectivity index (χ1v) is 22.7. The lowest BCUT2D eigenvalue weighted by molar-refractivity contribution is 0.0950. The quantitative estimate of drug-likeness (QED) is 0.0375. The molecule has 0 aliphatic carbocycles. The number of carbonyl (C=O) groups is 1. The van der Waals surface area contributed by atoms with Gasteiger partial charge >= 0.3 is 0 Å². The molecule has 5 aromatic rings. The van der Waals surface area contributed by atoms with Gasteiger partial charge in [0.15, 0.2) is 17.5 Å². The van der Waals surface area contributed by atoms with Crippen LogP contribution in [0.5, 0.6) is 34.5 Å². The van der Waals surface area contributed by atoms with E-state index in [1.54, 1.807) is 42.5 Å². The van der Waals surface area contributed by atoms with E-state index < -0.39 is 0 Å². The fourth-order valence-electron chi connectivity index (χ4n) is 7.16. The van der Waals surface area contributed by atoms with Crippen LogP contribution in [0.4, 0.5) is 0 Å². The molecule has 11 nitrogen and oxygen atoms in total. The Hall–Kier alpha value is -5.84. The van der Waals surface area contributed by atoms with E-state index in [9.17, 15) is 20.1 Å². The van der Waals surface area contributed by atoms with Crippen molar-refractivity contribution in [1.82, 2.24) is 20.3 Å². The van der Waals surface area contributed by atoms with Gasteiger partial charge in [-0.15, -0.1) is 0 Å². The van der Waals surface area contributed by atoms with Crippen molar-refractivity contribution in [1.29, 1.82) is 0 Å². The lowest BCUT2D eigenvalue weighted by atomic mass is 10.0. The maximum Gasteiger partial charge on any atom is 0.255 e. The maximum atomic E-state index is 12.3. The van der Waals surface area contributed by atoms with Gasteiger partial charge < -0.3 is 34.8 Å². The molecule has 0 aliphatic heterocycles. The zero-order chi connectivity index (χ0) is 44.1. The number of rotatable bonds is 27. The van der Waals surface area contributed by atoms with Gasteiger partial charge in [-0.05, 0) is 98.2 Å². The van der Waals surface area contributed by atoms with E-state index in [4.69, 9.17) is 29.2 Å². The minimum atomic E-state index is -0.263. The molecule has 1 heterocycles. The van der Waals surface area contributed by atoms with Crippen LogP contribution in [0.25, 0.3) is 34.2 Å². The third-order valence-corrected chi connectivity index (χ3v) is 11.3. The van der Waals surface area contributed by atoms with Crippen molar-refractivity contribution in [3.05, 3.63) is 90.5 Å². The Morgan fingerprint density at radius 2 is 1.08 bits per heavy atom. The Morgan fingerprint density at radius 1 is 0.565 bits per heavy atom. The molecule has 0 saturated carbocycles. The number of hydrogen-bond acceptors (Lipinski definition) is 10. The minimum absolute atomic E-state index is 0.0155. The van der Waals surface area contributed by atoms with Gasteiger partial charge in [-0.2, -0.15) is 0 Å². The number of unbranched alkanes of at least 4 members (excludes halogenated alkanes) is 6. The number of hydrogen-bond donors (Lipinski definition) is 4. The molecule has 11 heteroatoms. The molecule has 0 saturated heterocycles. The topological polar surface area (TPSA) is 156 Å². The second-order valence-electron chi connectivity index (χ2n) is 16.0. The van der Waals surface area contributed by atoms with Crippen LogP contribution < -0.4 is 19.5 Å². The molecule has 0 aliphatic rings. The van der Waals surface area contributed by atoms with Crippen molar-refractivity contribution in [2.75, 3.05) is 26.4 Å². The molecule has 1 aromatic heterocycles. The van der Waals surface area contributed by atoms with Crippen molar-refractivity contribution >= 4 is 5.91 Å². The van der Waals surface area contributed by atoms with Crippen molar-refractivity contribution < 1.29 is 34.3 Å². The Balaban J connectivity index is 1.25. The minimum Gasteiger partial charge on any atom is -0.507 e. The van der Waals surface area contributed by atoms with E-state index in [0.717, 1.165) is 89.2 Å². The first-order chi connectivity index (χ1) is 30.2. The summed E-state index contributed by atoms with van der Waals surface area (Å²) in [5, 5.41) is 35.3. The number of aromatic hydroxyl groups is 3. The average molecular weight is 847 g/mol. The number of ether oxygens (including phenoxy) is 3. The smallest absolute Gasteiger partial charge is 0.255 e. The van der Waals surface area contributed by atoms with Gasteiger partial charge in [-0.3, -0.25) is 4.79 Å². The van der Waals surface area contributed by atoms with E-state index in [1.165, 1.54) is 6.07 Å². The SMILES string of the molecule is CCCCC(CC)COc1ccc(-c2nc(-c3ccc(OCCCCCCCNC(=O)c4ccccc4O)cc3)nc(-c3ccc(OCC(CC)CCCC)cc3O)n2)c(O)c1. The number of para-hydroxylation sites is 1. The van der Waals surface area contributed by atoms with E-state index in [2.05, 4.69) is 33.0 Å². The molecule has 1 amide bonds. The second kappa shape index (κ2) is 25.2. The van der Waals surface area contributed by atoms with Crippen molar-refractivity contribution in [2.24, 2.45) is 11.8 Å². The standard InChI is InChI=1S/C51H66N4O7/c1-5-9-18-36(7-3)34-61-40-26-28-42(46(57)32-40)49-53-48(54-50(55-49)43-29-27-41(33-47(43)58)62-35-37(8-4)19-10-6-2)38-22-24-39(25-23-38)60-31-17-13-11-12-16-30-52-51(59)44-20-14-15-21-45(44)56/h14-15,20-29,32-33,36-37,56-58H,5-13,16-19,30-31,34-35H2,1-4H3,(H,52,59). The van der Waals surface area contributed by atoms with Crippen molar-refractivity contribution in [2.45, 2.75) is 111 Å². The van der Waals surface area contributed by atoms with Crippen LogP contribution in [-0.2, 0) is 0 Å². The molecule has 4 N–H and O–H groups in total. The third-order valence-electron chi connectivity index (χ3n) is 11.3. The van der Waals surface area contributed by atoms with Crippen LogP contribution in [0.1, 0.15) is 122 Å². The maximum absolute atomic E-state index is 12.3. The number of nitrogens with one attached hydrogen (secondary N) is 1. The summed E-state index contributed by atoms with van der Waals surface area (Å²) < 4.78 is 18.3. The van der Waals surface area contributed by atoms with Gasteiger partial charge in [-0.25, -0.2) is 15.0 Å². The highest BCUT2D eigenvalue weighted by Crippen LogP contribution is 2.36. The van der Waals surface area contributed by atoms with Gasteiger partial charge in [0.05, 0.1) is 36.5 Å². The number of phenolic OH excluding ortho intramolecular Hbond substituents is 3. The van der Waals surface area contributed by atoms with Crippen LogP contribution in [0.2, 0.25) is 0 Å². The average Bonchev–Trinajstić information content (AvgIpc) is 3.28. The fourth-order valence-corrected chi connectivity index (χ4v) is 7.16. The molecule has 5 rings (SSSR count). The van der Waals surface area contributed by atoms with Crippen molar-refractivity contribution in [3.63, 3.8) is 0 Å². The number of carbonyl (C=O) groups excluding carboxylic acids is 1. The molecule has 0 fully saturated rings. The number of benzene rings is 4. The zero-order valence-corrected chi connectivity index (χ0v) is 37.1. The van der Waals surface area contributed by atoms with Gasteiger partial charge in [0.2, 0.25) is 0 Å². The number of amides is 1. The molecular weight excluding hydrogens is 781 g/mol. The summed E-state index contributed by atoms with van der Waals surface area (Å²) in [7, 11) is 0. The lowest BCUT2D eigenvalue weighted by Crippen LogP contribution is -2.24. The summed E-state index contributed by atoms with van der Waals surface area (Å²) in [6.07, 6.45) is 13.6. The molecule has 0 radical (unpaired) electrons. The summed E-state index contributed by atoms with van der Waals surface area (Å²) in [4.78, 5) is 26.7. The summed E-state index contributed by atoms with van der Waals surface area (Å²) in [6.45, 7) is 11.0. The summed E-state index contributed by atoms with van der Waals surface area (Å²) in [5.41, 5.74) is 1.83. The number of phenols is 3. The monoisotopic (exact) mass is 846 g/mol. The zero-order valence-electron chi connectivity index (χ0n) is 37.1. The Kier molecular flexibility index (Phi) is 19.2. The highest BCUT2D eigenvalue weighted by molar-refractivity contribution is 5.96. The summed E-state index contributed by atoms with van der Waals surface area (Å²) in [5.74, 6) is 3.32. The van der Waals surface area contributed by atoms with Gasteiger partial charge in [0.25, 0.3) is 5.91 Å². The van der Waals surface area contributed by atoms with Crippen LogP contribution in [0, 0.1) is 11.8 Å². The fraction of sp³-hybridized carbons (Fsp3) is 0.451. The van der Waals surface area contributed by atoms with Gasteiger partial charge in [0.1, 0.15) is 34.5 Å². The second-order valence-corrected chi connectivity index (χ2v) is 16.0. The van der Waals surface area contributed by atoms with Crippen LogP contribution in [0.15, 0.2) is 84.9 Å². The van der Waals surface area contributed by atoms with Crippen LogP contribution in [-0.4, -0.2) is 62.5 Å². The normalized spacial score (nSPS) is 12.1. The predicted octanol–water partition coefficient (Wildman–Crippen LogP) is 11.9. The van der Waals surface area contributed by atoms with Crippen molar-refractivity contribution in [3.8, 4) is 68.7 Å². The third kappa shape index (κ3) is 14.4. The first-order valence-electron chi connectivity index (χ1n) is 22.7. The highest BCUT2D eigenvalue weighted by atomic mass is 16.5. The molecule has 4 aromatic carbocycles. The van der Waals surface area contributed by atoms with E-state index in [-0.39, 0.29) is 40.4 Å². The van der Waals surface area contributed by atoms with Crippen LogP contribution in [0.3, 0.4) is 0 Å². The molecule has 2 unspecified atom stereocenters. The van der Waals surface area contributed by atoms with Gasteiger partial charge in [0, 0.05) is 24.2 Å². The molecular formula is C51H66N4O7. The molecule has 2 atom stereocenters. The van der Waals surface area contributed by atoms with Crippen LogP contribution >= 0.6 is 0 Å². The largest absolute Gasteiger partial charge is 0.507 e. The first kappa shape index (κ1) is 47.2. The van der Waals surface area contributed by atoms with E-state index in [0.29, 0.717) is 72.2 Å². The summed E-state index contributed by atoms with van der Waals surface area (Å²) >= 11 is 0. The molecule has 0 spiro atoms. The van der Waals surface area contributed by atoms with E-state index >= 15 is 0 Å². The lowest BCUT2D eigenvalue weighted by Gasteiger charge is -2.16. The molecule has 0 bridgehead atoms. The number of aromatic nitrogens is 3. The van der Waals surface area contributed by atoms with E-state index in [1.807, 2.05) is 36.4 Å². The Bertz CT molecular complexity index is 2040.